The van der Waals surface area contributed by atoms with Crippen LogP contribution in [0.1, 0.15) is 447 Å². The van der Waals surface area contributed by atoms with Gasteiger partial charge in [0.1, 0.15) is 19.3 Å². The molecule has 0 saturated heterocycles. The molecule has 105 heavy (non-hydrogen) atoms. The number of aliphatic hydroxyl groups excluding tert-OH is 1. The minimum absolute atomic E-state index is 0.107. The number of hydrogen-bond donors (Lipinski definition) is 3. The summed E-state index contributed by atoms with van der Waals surface area (Å²) in [5.41, 5.74) is 0. The van der Waals surface area contributed by atoms with Crippen LogP contribution >= 0.6 is 15.6 Å². The van der Waals surface area contributed by atoms with Gasteiger partial charge in [-0.15, -0.1) is 0 Å². The second-order valence-electron chi connectivity index (χ2n) is 32.4. The third-order valence-corrected chi connectivity index (χ3v) is 22.7. The second kappa shape index (κ2) is 74.8. The smallest absolute Gasteiger partial charge is 0.462 e. The van der Waals surface area contributed by atoms with Crippen molar-refractivity contribution >= 4 is 39.5 Å². The molecule has 0 heterocycles. The molecule has 0 aromatic heterocycles. The van der Waals surface area contributed by atoms with Crippen LogP contribution in [0.25, 0.3) is 0 Å². The van der Waals surface area contributed by atoms with Gasteiger partial charge in [0, 0.05) is 25.7 Å². The first kappa shape index (κ1) is 103. The largest absolute Gasteiger partial charge is 0.472 e. The van der Waals surface area contributed by atoms with Gasteiger partial charge >= 0.3 is 39.5 Å². The lowest BCUT2D eigenvalue weighted by atomic mass is 9.99. The topological polar surface area (TPSA) is 237 Å². The highest BCUT2D eigenvalue weighted by Gasteiger charge is 2.31. The molecular weight excluding hydrogens is 1370 g/mol. The second-order valence-corrected chi connectivity index (χ2v) is 35.3. The molecule has 0 rings (SSSR count). The van der Waals surface area contributed by atoms with Crippen LogP contribution in [0.5, 0.6) is 0 Å². The van der Waals surface area contributed by atoms with Crippen molar-refractivity contribution in [2.45, 2.75) is 465 Å². The number of ether oxygens (including phenoxy) is 4. The fraction of sp³-hybridized carbons (Fsp3) is 0.953. The first-order valence-electron chi connectivity index (χ1n) is 44.3. The fourth-order valence-electron chi connectivity index (χ4n) is 13.3. The van der Waals surface area contributed by atoms with Gasteiger partial charge in [0.25, 0.3) is 0 Å². The van der Waals surface area contributed by atoms with Crippen molar-refractivity contribution < 1.29 is 80.2 Å². The number of phosphoric acid groups is 2. The molecule has 0 aromatic carbocycles. The van der Waals surface area contributed by atoms with E-state index in [9.17, 15) is 43.2 Å². The highest BCUT2D eigenvalue weighted by Crippen LogP contribution is 2.45. The number of esters is 4. The average Bonchev–Trinajstić information content (AvgIpc) is 0.967. The lowest BCUT2D eigenvalue weighted by Crippen LogP contribution is -2.30. The van der Waals surface area contributed by atoms with Crippen LogP contribution < -0.4 is 0 Å². The van der Waals surface area contributed by atoms with Gasteiger partial charge in [-0.25, -0.2) is 9.13 Å². The van der Waals surface area contributed by atoms with E-state index in [0.717, 1.165) is 120 Å². The molecule has 3 N–H and O–H groups in total. The minimum atomic E-state index is -4.97. The van der Waals surface area contributed by atoms with Crippen molar-refractivity contribution in [3.63, 3.8) is 0 Å². The SMILES string of the molecule is CCC(C)CCCCCCCCCCCCCCCCC(=O)O[C@H](COC(=O)CCCCCCCCC(C)CC)COP(=O)(O)OC[C@H](O)COP(=O)(O)OC[C@@H](COC(=O)CCCCCCCCCCCCCCCCCC(C)C)OC(=O)CCCCCCCCCCCCCCCCCCC(C)C. The van der Waals surface area contributed by atoms with Gasteiger partial charge in [0.2, 0.25) is 0 Å². The molecule has 0 bridgehead atoms. The average molecular weight is 1540 g/mol. The van der Waals surface area contributed by atoms with Gasteiger partial charge < -0.3 is 33.8 Å². The minimum Gasteiger partial charge on any atom is -0.462 e. The van der Waals surface area contributed by atoms with E-state index in [2.05, 4.69) is 55.4 Å². The molecule has 0 spiro atoms. The monoisotopic (exact) mass is 1540 g/mol. The van der Waals surface area contributed by atoms with Crippen LogP contribution in [-0.4, -0.2) is 96.7 Å². The number of hydrogen-bond acceptors (Lipinski definition) is 15. The van der Waals surface area contributed by atoms with Crippen LogP contribution in [0.15, 0.2) is 0 Å². The van der Waals surface area contributed by atoms with Crippen molar-refractivity contribution in [2.24, 2.45) is 23.7 Å². The summed E-state index contributed by atoms with van der Waals surface area (Å²) in [4.78, 5) is 73.2. The maximum Gasteiger partial charge on any atom is 0.472 e. The van der Waals surface area contributed by atoms with Crippen LogP contribution in [-0.2, 0) is 65.4 Å². The predicted octanol–water partition coefficient (Wildman–Crippen LogP) is 25.9. The maximum absolute atomic E-state index is 13.1. The first-order chi connectivity index (χ1) is 50.7. The zero-order valence-corrected chi connectivity index (χ0v) is 71.2. The van der Waals surface area contributed by atoms with Crippen molar-refractivity contribution in [1.29, 1.82) is 0 Å². The number of unbranched alkanes of at least 4 members (excludes halogenated alkanes) is 47. The molecule has 7 atom stereocenters. The predicted molar refractivity (Wildman–Crippen MR) is 432 cm³/mol. The summed E-state index contributed by atoms with van der Waals surface area (Å²) in [5.74, 6) is 1.08. The molecule has 0 radical (unpaired) electrons. The van der Waals surface area contributed by atoms with Gasteiger partial charge in [0.05, 0.1) is 26.4 Å². The van der Waals surface area contributed by atoms with Crippen molar-refractivity contribution in [1.82, 2.24) is 0 Å². The molecule has 19 heteroatoms. The van der Waals surface area contributed by atoms with E-state index < -0.39 is 97.5 Å². The summed E-state index contributed by atoms with van der Waals surface area (Å²) in [5, 5.41) is 10.7. The summed E-state index contributed by atoms with van der Waals surface area (Å²) in [7, 11) is -9.93. The number of phosphoric ester groups is 2. The van der Waals surface area contributed by atoms with Crippen molar-refractivity contribution in [2.75, 3.05) is 39.6 Å². The molecule has 4 unspecified atom stereocenters. The van der Waals surface area contributed by atoms with E-state index in [4.69, 9.17) is 37.0 Å². The van der Waals surface area contributed by atoms with Gasteiger partial charge in [-0.1, -0.05) is 396 Å². The van der Waals surface area contributed by atoms with E-state index in [-0.39, 0.29) is 25.7 Å². The Bertz CT molecular complexity index is 2050. The molecule has 0 fully saturated rings. The third-order valence-electron chi connectivity index (χ3n) is 20.8. The summed E-state index contributed by atoms with van der Waals surface area (Å²) in [6, 6.07) is 0. The normalized spacial score (nSPS) is 14.4. The zero-order chi connectivity index (χ0) is 77.4. The summed E-state index contributed by atoms with van der Waals surface area (Å²) < 4.78 is 68.9. The Morgan fingerprint density at radius 3 is 0.676 bits per heavy atom. The van der Waals surface area contributed by atoms with Crippen LogP contribution in [0.2, 0.25) is 0 Å². The van der Waals surface area contributed by atoms with E-state index in [1.165, 1.54) is 244 Å². The molecular formula is C86H168O17P2. The van der Waals surface area contributed by atoms with Gasteiger partial charge in [-0.2, -0.15) is 0 Å². The highest BCUT2D eigenvalue weighted by atomic mass is 31.2. The third kappa shape index (κ3) is 77.2. The van der Waals surface area contributed by atoms with Crippen LogP contribution in [0.3, 0.4) is 0 Å². The molecule has 17 nitrogen and oxygen atoms in total. The zero-order valence-electron chi connectivity index (χ0n) is 69.4. The molecule has 0 saturated carbocycles. The van der Waals surface area contributed by atoms with E-state index in [1.807, 2.05) is 0 Å². The quantitative estimate of drug-likeness (QED) is 0.0222. The van der Waals surface area contributed by atoms with Crippen LogP contribution in [0.4, 0.5) is 0 Å². The Labute approximate surface area is 645 Å². The molecule has 624 valence electrons. The molecule has 0 aliphatic rings. The molecule has 0 amide bonds. The fourth-order valence-corrected chi connectivity index (χ4v) is 14.8. The van der Waals surface area contributed by atoms with E-state index in [1.54, 1.807) is 0 Å². The Morgan fingerprint density at radius 1 is 0.267 bits per heavy atom. The lowest BCUT2D eigenvalue weighted by Gasteiger charge is -2.21. The standard InChI is InChI=1S/C86H168O17P2/c1-9-78(7)64-56-48-40-34-28-22-18-19-25-31-37-43-53-61-69-86(91)103-82(73-97-84(89)67-59-51-45-44-49-57-65-79(8)10-2)75-101-105(94,95)99-71-80(87)70-98-104(92,93)100-74-81(72-96-83(88)66-58-50-41-35-29-23-17-13-15-21-27-33-39-47-55-63-77(5)6)102-85(90)68-60-52-42-36-30-24-16-12-11-14-20-26-32-38-46-54-62-76(3)4/h76-82,87H,9-75H2,1-8H3,(H,92,93)(H,94,95)/t78?,79?,80-,81-,82-/m1/s1. The Kier molecular flexibility index (Phi) is 73.4. The number of rotatable bonds is 83. The lowest BCUT2D eigenvalue weighted by molar-refractivity contribution is -0.161. The molecule has 0 aliphatic carbocycles. The summed E-state index contributed by atoms with van der Waals surface area (Å²) in [6.45, 7) is 14.4. The molecule has 0 aliphatic heterocycles. The van der Waals surface area contributed by atoms with E-state index in [0.29, 0.717) is 25.7 Å². The summed E-state index contributed by atoms with van der Waals surface area (Å²) in [6.07, 6.45) is 63.8. The maximum atomic E-state index is 13.1. The van der Waals surface area contributed by atoms with Gasteiger partial charge in [-0.3, -0.25) is 37.3 Å². The first-order valence-corrected chi connectivity index (χ1v) is 47.3. The Hall–Kier alpha value is -1.94. The number of aliphatic hydroxyl groups is 1. The number of carbonyl (C=O) groups excluding carboxylic acids is 4. The highest BCUT2D eigenvalue weighted by molar-refractivity contribution is 7.47. The van der Waals surface area contributed by atoms with Crippen molar-refractivity contribution in [3.05, 3.63) is 0 Å². The van der Waals surface area contributed by atoms with Crippen molar-refractivity contribution in [3.8, 4) is 0 Å². The summed E-state index contributed by atoms with van der Waals surface area (Å²) >= 11 is 0. The number of carbonyl (C=O) groups is 4. The Morgan fingerprint density at radius 2 is 0.457 bits per heavy atom. The van der Waals surface area contributed by atoms with Gasteiger partial charge in [0.15, 0.2) is 12.2 Å². The van der Waals surface area contributed by atoms with Crippen LogP contribution in [0, 0.1) is 23.7 Å². The Balaban J connectivity index is 5.24. The van der Waals surface area contributed by atoms with Gasteiger partial charge in [-0.05, 0) is 49.4 Å². The molecule has 0 aromatic rings. The van der Waals surface area contributed by atoms with E-state index >= 15 is 0 Å².